The summed E-state index contributed by atoms with van der Waals surface area (Å²) < 4.78 is 27.4. The number of nitrogens with one attached hydrogen (secondary N) is 1. The first kappa shape index (κ1) is 18.4. The van der Waals surface area contributed by atoms with Crippen LogP contribution in [0, 0.1) is 13.8 Å². The van der Waals surface area contributed by atoms with Crippen LogP contribution in [0.5, 0.6) is 0 Å². The average Bonchev–Trinajstić information content (AvgIpc) is 2.48. The Balaban J connectivity index is 1.86. The van der Waals surface area contributed by atoms with E-state index in [1.165, 1.54) is 19.3 Å². The molecule has 1 saturated heterocycles. The molecule has 0 bridgehead atoms. The normalized spacial score (nSPS) is 23.1. The maximum Gasteiger partial charge on any atom is 0.240 e. The molecule has 1 fully saturated rings. The fourth-order valence-electron chi connectivity index (χ4n) is 3.35. The van der Waals surface area contributed by atoms with Gasteiger partial charge in [-0.2, -0.15) is 0 Å². The fourth-order valence-corrected chi connectivity index (χ4v) is 4.51. The molecule has 0 aromatic heterocycles. The molecule has 4 nitrogen and oxygen atoms in total. The molecule has 0 spiro atoms. The lowest BCUT2D eigenvalue weighted by Crippen LogP contribution is -2.44. The highest BCUT2D eigenvalue weighted by molar-refractivity contribution is 7.89. The van der Waals surface area contributed by atoms with E-state index in [1.807, 2.05) is 19.9 Å². The molecule has 130 valence electrons. The number of hydrogen-bond acceptors (Lipinski definition) is 3. The van der Waals surface area contributed by atoms with Crippen LogP contribution < -0.4 is 4.72 Å². The van der Waals surface area contributed by atoms with Gasteiger partial charge >= 0.3 is 0 Å². The van der Waals surface area contributed by atoms with E-state index in [0.717, 1.165) is 24.1 Å². The lowest BCUT2D eigenvalue weighted by atomic mass is 9.97. The lowest BCUT2D eigenvalue weighted by Gasteiger charge is -2.39. The minimum Gasteiger partial charge on any atom is -0.298 e. The van der Waals surface area contributed by atoms with Gasteiger partial charge < -0.3 is 0 Å². The molecule has 1 aliphatic heterocycles. The van der Waals surface area contributed by atoms with Crippen molar-refractivity contribution in [2.24, 2.45) is 0 Å². The molecule has 1 heterocycles. The molecule has 0 aliphatic carbocycles. The van der Waals surface area contributed by atoms with Crippen molar-refractivity contribution in [3.8, 4) is 0 Å². The molecular formula is C18H30N2O2S. The summed E-state index contributed by atoms with van der Waals surface area (Å²) in [7, 11) is -3.40. The maximum atomic E-state index is 12.4. The van der Waals surface area contributed by atoms with Crippen LogP contribution in [0.1, 0.15) is 50.7 Å². The summed E-state index contributed by atoms with van der Waals surface area (Å²) >= 11 is 0. The van der Waals surface area contributed by atoms with Gasteiger partial charge in [0.25, 0.3) is 0 Å². The number of rotatable bonds is 6. The molecule has 1 aliphatic rings. The smallest absolute Gasteiger partial charge is 0.240 e. The largest absolute Gasteiger partial charge is 0.298 e. The molecule has 0 radical (unpaired) electrons. The minimum atomic E-state index is -3.40. The molecule has 2 atom stereocenters. The van der Waals surface area contributed by atoms with Gasteiger partial charge in [0.05, 0.1) is 4.90 Å². The molecule has 2 rings (SSSR count). The van der Waals surface area contributed by atoms with Crippen molar-refractivity contribution in [3.63, 3.8) is 0 Å². The van der Waals surface area contributed by atoms with E-state index in [1.54, 1.807) is 12.1 Å². The van der Waals surface area contributed by atoms with Gasteiger partial charge in [0.1, 0.15) is 0 Å². The second-order valence-corrected chi connectivity index (χ2v) is 8.63. The van der Waals surface area contributed by atoms with E-state index in [9.17, 15) is 8.42 Å². The molecule has 1 aromatic carbocycles. The zero-order chi connectivity index (χ0) is 17.0. The van der Waals surface area contributed by atoms with Gasteiger partial charge in [0, 0.05) is 18.6 Å². The number of aryl methyl sites for hydroxylation is 2. The first-order valence-corrected chi connectivity index (χ1v) is 10.1. The third kappa shape index (κ3) is 4.78. The topological polar surface area (TPSA) is 49.4 Å². The summed E-state index contributed by atoms with van der Waals surface area (Å²) in [5, 5.41) is 0. The highest BCUT2D eigenvalue weighted by atomic mass is 32.2. The van der Waals surface area contributed by atoms with Gasteiger partial charge in [-0.3, -0.25) is 4.90 Å². The van der Waals surface area contributed by atoms with Gasteiger partial charge in [-0.25, -0.2) is 13.1 Å². The Morgan fingerprint density at radius 3 is 2.39 bits per heavy atom. The summed E-state index contributed by atoms with van der Waals surface area (Å²) in [6, 6.07) is 6.50. The Labute approximate surface area is 141 Å². The number of likely N-dealkylation sites (tertiary alicyclic amines) is 1. The number of sulfonamides is 1. The number of nitrogens with zero attached hydrogens (tertiary/aromatic N) is 1. The second-order valence-electron chi connectivity index (χ2n) is 6.86. The third-order valence-electron chi connectivity index (χ3n) is 5.05. The Hall–Kier alpha value is -0.910. The Morgan fingerprint density at radius 2 is 1.78 bits per heavy atom. The van der Waals surface area contributed by atoms with Gasteiger partial charge in [-0.1, -0.05) is 12.5 Å². The number of hydrogen-bond donors (Lipinski definition) is 1. The van der Waals surface area contributed by atoms with Gasteiger partial charge in [-0.15, -0.1) is 0 Å². The quantitative estimate of drug-likeness (QED) is 0.810. The van der Waals surface area contributed by atoms with E-state index in [0.29, 0.717) is 23.5 Å². The third-order valence-corrected chi connectivity index (χ3v) is 6.51. The van der Waals surface area contributed by atoms with Crippen molar-refractivity contribution in [1.29, 1.82) is 0 Å². The highest BCUT2D eigenvalue weighted by Gasteiger charge is 2.24. The molecule has 23 heavy (non-hydrogen) atoms. The zero-order valence-electron chi connectivity index (χ0n) is 14.8. The minimum absolute atomic E-state index is 0.361. The van der Waals surface area contributed by atoms with Crippen LogP contribution in [0.25, 0.3) is 0 Å². The molecule has 5 heteroatoms. The maximum absolute atomic E-state index is 12.4. The average molecular weight is 339 g/mol. The van der Waals surface area contributed by atoms with Crippen LogP contribution in [-0.2, 0) is 10.0 Å². The van der Waals surface area contributed by atoms with Crippen molar-refractivity contribution < 1.29 is 8.42 Å². The zero-order valence-corrected chi connectivity index (χ0v) is 15.6. The molecule has 1 N–H and O–H groups in total. The lowest BCUT2D eigenvalue weighted by molar-refractivity contribution is 0.103. The first-order chi connectivity index (χ1) is 10.8. The molecule has 0 saturated carbocycles. The van der Waals surface area contributed by atoms with Gasteiger partial charge in [0.15, 0.2) is 0 Å². The van der Waals surface area contributed by atoms with Crippen molar-refractivity contribution >= 4 is 10.0 Å². The second kappa shape index (κ2) is 7.77. The predicted octanol–water partition coefficient (Wildman–Crippen LogP) is 3.23. The van der Waals surface area contributed by atoms with E-state index >= 15 is 0 Å². The fraction of sp³-hybridized carbons (Fsp3) is 0.667. The van der Waals surface area contributed by atoms with Crippen molar-refractivity contribution in [2.45, 2.75) is 70.4 Å². The Kier molecular flexibility index (Phi) is 6.23. The number of benzene rings is 1. The molecule has 0 amide bonds. The Morgan fingerprint density at radius 1 is 1.13 bits per heavy atom. The molecule has 2 unspecified atom stereocenters. The molecule has 1 aromatic rings. The van der Waals surface area contributed by atoms with E-state index in [4.69, 9.17) is 0 Å². The van der Waals surface area contributed by atoms with E-state index in [-0.39, 0.29) is 0 Å². The predicted molar refractivity (Wildman–Crippen MR) is 95.2 cm³/mol. The van der Waals surface area contributed by atoms with Crippen molar-refractivity contribution in [3.05, 3.63) is 29.3 Å². The van der Waals surface area contributed by atoms with Crippen LogP contribution in [0.3, 0.4) is 0 Å². The summed E-state index contributed by atoms with van der Waals surface area (Å²) in [6.45, 7) is 9.92. The summed E-state index contributed by atoms with van der Waals surface area (Å²) in [6.07, 6.45) is 4.65. The number of piperidine rings is 1. The standard InChI is InChI=1S/C18H30N2O2S/c1-14-9-10-18(13-15(14)2)23(21,22)19-11-6-12-20-16(3)7-5-8-17(20)4/h9-10,13,16-17,19H,5-8,11-12H2,1-4H3. The van der Waals surface area contributed by atoms with Crippen LogP contribution in [0.4, 0.5) is 0 Å². The Bertz CT molecular complexity index is 618. The van der Waals surface area contributed by atoms with Crippen LogP contribution >= 0.6 is 0 Å². The first-order valence-electron chi connectivity index (χ1n) is 8.64. The highest BCUT2D eigenvalue weighted by Crippen LogP contribution is 2.22. The van der Waals surface area contributed by atoms with E-state index in [2.05, 4.69) is 23.5 Å². The van der Waals surface area contributed by atoms with Crippen molar-refractivity contribution in [2.75, 3.05) is 13.1 Å². The van der Waals surface area contributed by atoms with Crippen molar-refractivity contribution in [1.82, 2.24) is 9.62 Å². The molecular weight excluding hydrogens is 308 g/mol. The van der Waals surface area contributed by atoms with Crippen LogP contribution in [0.2, 0.25) is 0 Å². The monoisotopic (exact) mass is 338 g/mol. The van der Waals surface area contributed by atoms with Crippen LogP contribution in [0.15, 0.2) is 23.1 Å². The summed E-state index contributed by atoms with van der Waals surface area (Å²) in [4.78, 5) is 2.87. The SMILES string of the molecule is Cc1ccc(S(=O)(=O)NCCCN2C(C)CCCC2C)cc1C. The van der Waals surface area contributed by atoms with E-state index < -0.39 is 10.0 Å². The van der Waals surface area contributed by atoms with Gasteiger partial charge in [0.2, 0.25) is 10.0 Å². The summed E-state index contributed by atoms with van der Waals surface area (Å²) in [5.74, 6) is 0. The summed E-state index contributed by atoms with van der Waals surface area (Å²) in [5.41, 5.74) is 2.11. The van der Waals surface area contributed by atoms with Gasteiger partial charge in [-0.05, 0) is 76.8 Å². The van der Waals surface area contributed by atoms with Crippen LogP contribution in [-0.4, -0.2) is 38.5 Å².